The smallest absolute Gasteiger partial charge is 0.221 e. The van der Waals surface area contributed by atoms with Crippen molar-refractivity contribution in [3.8, 4) is 0 Å². The summed E-state index contributed by atoms with van der Waals surface area (Å²) in [4.78, 5) is 14.2. The van der Waals surface area contributed by atoms with Gasteiger partial charge in [-0.2, -0.15) is 0 Å². The van der Waals surface area contributed by atoms with E-state index in [-0.39, 0.29) is 24.9 Å². The number of anilines is 1. The van der Waals surface area contributed by atoms with Gasteiger partial charge in [-0.25, -0.2) is 0 Å². The molecular formula is C33H39ClN2O2. The molecule has 5 rings (SSSR count). The van der Waals surface area contributed by atoms with Crippen LogP contribution in [0.25, 0.3) is 11.1 Å². The number of hydrogen-bond donors (Lipinski definition) is 2. The van der Waals surface area contributed by atoms with Crippen LogP contribution in [0.5, 0.6) is 0 Å². The second kappa shape index (κ2) is 13.2. The summed E-state index contributed by atoms with van der Waals surface area (Å²) in [6.45, 7) is 4.13. The second-order valence-corrected chi connectivity index (χ2v) is 10.5. The van der Waals surface area contributed by atoms with Crippen molar-refractivity contribution in [1.82, 2.24) is 4.90 Å². The van der Waals surface area contributed by atoms with Crippen LogP contribution in [0.1, 0.15) is 73.6 Å². The Morgan fingerprint density at radius 2 is 1.45 bits per heavy atom. The Kier molecular flexibility index (Phi) is 9.79. The molecule has 2 aliphatic rings. The molecule has 3 aromatic rings. The number of allylic oxidation sites excluding steroid dienone is 1. The minimum absolute atomic E-state index is 0. The van der Waals surface area contributed by atoms with Crippen molar-refractivity contribution in [3.05, 3.63) is 101 Å². The Morgan fingerprint density at radius 1 is 0.842 bits per heavy atom. The third-order valence-corrected chi connectivity index (χ3v) is 7.77. The van der Waals surface area contributed by atoms with Gasteiger partial charge < -0.3 is 15.3 Å². The molecule has 38 heavy (non-hydrogen) atoms. The molecule has 0 bridgehead atoms. The molecular weight excluding hydrogens is 492 g/mol. The first-order valence-corrected chi connectivity index (χ1v) is 13.7. The van der Waals surface area contributed by atoms with Crippen molar-refractivity contribution < 1.29 is 9.90 Å². The van der Waals surface area contributed by atoms with Crippen LogP contribution in [-0.4, -0.2) is 41.7 Å². The van der Waals surface area contributed by atoms with Gasteiger partial charge in [0, 0.05) is 25.3 Å². The third kappa shape index (κ3) is 6.93. The number of amides is 1. The molecule has 2 N–H and O–H groups in total. The van der Waals surface area contributed by atoms with E-state index in [1.807, 2.05) is 18.2 Å². The summed E-state index contributed by atoms with van der Waals surface area (Å²) in [6, 6.07) is 28.7. The second-order valence-electron chi connectivity index (χ2n) is 10.5. The first kappa shape index (κ1) is 28.1. The fourth-order valence-electron chi connectivity index (χ4n) is 5.71. The standard InChI is InChI=1S/C33H38N2O2.ClH/c1-24(37)34-30-15-13-29(14-16-30)33(32(8-5-23-36)27-6-3-2-4-7-27)28-11-9-25(10-12-28)26-19-21-35(22-20-26)31-17-18-31;/h2-4,6-7,9-16,26,31,36H,5,8,17-23H2,1H3,(H,34,37);1H/b33-32+;. The number of carbonyl (C=O) groups is 1. The zero-order valence-corrected chi connectivity index (χ0v) is 23.1. The Morgan fingerprint density at radius 3 is 2.00 bits per heavy atom. The lowest BCUT2D eigenvalue weighted by Gasteiger charge is -2.32. The van der Waals surface area contributed by atoms with Gasteiger partial charge in [-0.1, -0.05) is 66.7 Å². The number of piperidine rings is 1. The fourth-order valence-corrected chi connectivity index (χ4v) is 5.71. The highest BCUT2D eigenvalue weighted by molar-refractivity contribution is 5.99. The van der Waals surface area contributed by atoms with E-state index >= 15 is 0 Å². The van der Waals surface area contributed by atoms with Gasteiger partial charge in [0.05, 0.1) is 0 Å². The van der Waals surface area contributed by atoms with Gasteiger partial charge in [0.2, 0.25) is 5.91 Å². The lowest BCUT2D eigenvalue weighted by atomic mass is 9.85. The molecule has 0 radical (unpaired) electrons. The first-order valence-electron chi connectivity index (χ1n) is 13.7. The minimum Gasteiger partial charge on any atom is -0.396 e. The number of benzene rings is 3. The van der Waals surface area contributed by atoms with Crippen molar-refractivity contribution in [2.75, 3.05) is 25.0 Å². The van der Waals surface area contributed by atoms with E-state index in [1.54, 1.807) is 0 Å². The zero-order chi connectivity index (χ0) is 25.6. The first-order chi connectivity index (χ1) is 18.1. The van der Waals surface area contributed by atoms with E-state index in [4.69, 9.17) is 0 Å². The molecule has 0 unspecified atom stereocenters. The van der Waals surface area contributed by atoms with Crippen LogP contribution in [0, 0.1) is 0 Å². The van der Waals surface area contributed by atoms with Crippen molar-refractivity contribution in [2.45, 2.75) is 57.4 Å². The maximum atomic E-state index is 11.5. The van der Waals surface area contributed by atoms with Crippen molar-refractivity contribution in [1.29, 1.82) is 0 Å². The van der Waals surface area contributed by atoms with Crippen LogP contribution in [0.15, 0.2) is 78.9 Å². The van der Waals surface area contributed by atoms with Crippen LogP contribution in [-0.2, 0) is 4.79 Å². The molecule has 3 aromatic carbocycles. The van der Waals surface area contributed by atoms with Crippen molar-refractivity contribution in [3.63, 3.8) is 0 Å². The monoisotopic (exact) mass is 530 g/mol. The van der Waals surface area contributed by atoms with Gasteiger partial charge in [-0.05, 0) is 103 Å². The normalized spacial score (nSPS) is 16.9. The molecule has 1 aliphatic carbocycles. The number of aliphatic hydroxyl groups is 1. The predicted molar refractivity (Wildman–Crippen MR) is 160 cm³/mol. The number of likely N-dealkylation sites (tertiary alicyclic amines) is 1. The maximum Gasteiger partial charge on any atom is 0.221 e. The molecule has 5 heteroatoms. The van der Waals surface area contributed by atoms with Crippen LogP contribution < -0.4 is 5.32 Å². The molecule has 0 spiro atoms. The number of nitrogens with one attached hydrogen (secondary N) is 1. The molecule has 0 aromatic heterocycles. The summed E-state index contributed by atoms with van der Waals surface area (Å²) >= 11 is 0. The van der Waals surface area contributed by atoms with Crippen molar-refractivity contribution >= 4 is 35.1 Å². The van der Waals surface area contributed by atoms with E-state index in [2.05, 4.69) is 70.9 Å². The van der Waals surface area contributed by atoms with Gasteiger partial charge in [-0.15, -0.1) is 12.4 Å². The molecule has 1 aliphatic heterocycles. The Balaban J connectivity index is 0.00000336. The molecule has 1 heterocycles. The molecule has 0 atom stereocenters. The molecule has 1 saturated carbocycles. The fraction of sp³-hybridized carbons (Fsp3) is 0.364. The summed E-state index contributed by atoms with van der Waals surface area (Å²) in [5, 5.41) is 12.5. The molecule has 200 valence electrons. The maximum absolute atomic E-state index is 11.5. The average Bonchev–Trinajstić information content (AvgIpc) is 3.78. The third-order valence-electron chi connectivity index (χ3n) is 7.77. The van der Waals surface area contributed by atoms with Gasteiger partial charge in [0.25, 0.3) is 0 Å². The quantitative estimate of drug-likeness (QED) is 0.289. The summed E-state index contributed by atoms with van der Waals surface area (Å²) in [7, 11) is 0. The Hall–Kier alpha value is -2.92. The topological polar surface area (TPSA) is 52.6 Å². The van der Waals surface area contributed by atoms with Crippen LogP contribution in [0.2, 0.25) is 0 Å². The molecule has 4 nitrogen and oxygen atoms in total. The highest BCUT2D eigenvalue weighted by atomic mass is 35.5. The van der Waals surface area contributed by atoms with Gasteiger partial charge >= 0.3 is 0 Å². The van der Waals surface area contributed by atoms with Crippen molar-refractivity contribution in [2.24, 2.45) is 0 Å². The number of aliphatic hydroxyl groups excluding tert-OH is 1. The number of carbonyl (C=O) groups excluding carboxylic acids is 1. The van der Waals surface area contributed by atoms with Gasteiger partial charge in [0.15, 0.2) is 0 Å². The predicted octanol–water partition coefficient (Wildman–Crippen LogP) is 7.14. The zero-order valence-electron chi connectivity index (χ0n) is 22.2. The van der Waals surface area contributed by atoms with E-state index in [0.29, 0.717) is 12.3 Å². The summed E-state index contributed by atoms with van der Waals surface area (Å²) in [5.41, 5.74) is 8.11. The summed E-state index contributed by atoms with van der Waals surface area (Å²) in [5.74, 6) is 0.561. The van der Waals surface area contributed by atoms with E-state index < -0.39 is 0 Å². The number of hydrogen-bond acceptors (Lipinski definition) is 3. The Bertz CT molecular complexity index is 1210. The van der Waals surface area contributed by atoms with E-state index in [1.165, 1.54) is 73.5 Å². The summed E-state index contributed by atoms with van der Waals surface area (Å²) in [6.07, 6.45) is 6.75. The largest absolute Gasteiger partial charge is 0.396 e. The summed E-state index contributed by atoms with van der Waals surface area (Å²) < 4.78 is 0. The van der Waals surface area contributed by atoms with E-state index in [9.17, 15) is 9.90 Å². The molecule has 2 fully saturated rings. The molecule has 1 amide bonds. The number of halogens is 1. The number of rotatable bonds is 9. The van der Waals surface area contributed by atoms with Crippen LogP contribution >= 0.6 is 12.4 Å². The lowest BCUT2D eigenvalue weighted by Crippen LogP contribution is -2.34. The van der Waals surface area contributed by atoms with Gasteiger partial charge in [0.1, 0.15) is 0 Å². The molecule has 1 saturated heterocycles. The van der Waals surface area contributed by atoms with Crippen LogP contribution in [0.4, 0.5) is 5.69 Å². The SMILES string of the molecule is CC(=O)Nc1ccc(/C(=C(\CCCO)c2ccccc2)c2ccc(C3CCN(C4CC4)CC3)cc2)cc1.Cl. The van der Waals surface area contributed by atoms with E-state index in [0.717, 1.165) is 23.7 Å². The lowest BCUT2D eigenvalue weighted by molar-refractivity contribution is -0.114. The highest BCUT2D eigenvalue weighted by Gasteiger charge is 2.32. The minimum atomic E-state index is -0.0741. The van der Waals surface area contributed by atoms with Crippen LogP contribution in [0.3, 0.4) is 0 Å². The average molecular weight is 531 g/mol. The highest BCUT2D eigenvalue weighted by Crippen LogP contribution is 2.38. The Labute approximate surface area is 233 Å². The number of nitrogens with zero attached hydrogens (tertiary/aromatic N) is 1. The van der Waals surface area contributed by atoms with Gasteiger partial charge in [-0.3, -0.25) is 4.79 Å².